The lowest BCUT2D eigenvalue weighted by atomic mass is 9.79. The van der Waals surface area contributed by atoms with Crippen LogP contribution in [0.4, 0.5) is 0 Å². The molecule has 2 aliphatic rings. The molecule has 0 bridgehead atoms. The van der Waals surface area contributed by atoms with Crippen LogP contribution < -0.4 is 5.32 Å². The molecule has 0 aromatic carbocycles. The number of aliphatic hydroxyl groups excluding tert-OH is 1. The summed E-state index contributed by atoms with van der Waals surface area (Å²) < 4.78 is 7.40. The molecule has 1 aromatic rings. The molecule has 1 heterocycles. The number of amides is 1. The third kappa shape index (κ3) is 3.30. The van der Waals surface area contributed by atoms with E-state index >= 15 is 0 Å². The number of carbonyl (C=O) groups excluding carboxylic acids is 1. The summed E-state index contributed by atoms with van der Waals surface area (Å²) in [5.74, 6) is 1.90. The number of ether oxygens (including phenoxy) is 1. The minimum atomic E-state index is -0.0665. The van der Waals surface area contributed by atoms with E-state index in [-0.39, 0.29) is 31.3 Å². The Bertz CT molecular complexity index is 533. The van der Waals surface area contributed by atoms with Crippen LogP contribution in [0, 0.1) is 0 Å². The van der Waals surface area contributed by atoms with Crippen LogP contribution in [0.25, 0.3) is 0 Å². The van der Waals surface area contributed by atoms with E-state index in [9.17, 15) is 9.90 Å². The molecule has 3 rings (SSSR count). The molecule has 2 aliphatic carbocycles. The van der Waals surface area contributed by atoms with Crippen LogP contribution >= 0.6 is 0 Å². The van der Waals surface area contributed by atoms with Gasteiger partial charge in [0, 0.05) is 18.0 Å². The molecule has 2 N–H and O–H groups in total. The molecule has 0 unspecified atom stereocenters. The summed E-state index contributed by atoms with van der Waals surface area (Å²) in [7, 11) is 0. The van der Waals surface area contributed by atoms with E-state index in [4.69, 9.17) is 4.74 Å². The molecular formula is C15H24N4O3. The maximum atomic E-state index is 11.7. The second-order valence-electron chi connectivity index (χ2n) is 6.53. The first-order valence-electron chi connectivity index (χ1n) is 8.04. The van der Waals surface area contributed by atoms with Gasteiger partial charge in [-0.25, -0.2) is 0 Å². The highest BCUT2D eigenvalue weighted by atomic mass is 16.5. The lowest BCUT2D eigenvalue weighted by Gasteiger charge is -2.35. The number of hydrogen-bond acceptors (Lipinski definition) is 5. The van der Waals surface area contributed by atoms with Gasteiger partial charge in [-0.05, 0) is 39.5 Å². The fraction of sp³-hybridized carbons (Fsp3) is 0.800. The smallest absolute Gasteiger partial charge is 0.246 e. The quantitative estimate of drug-likeness (QED) is 0.781. The Balaban J connectivity index is 1.51. The molecule has 0 radical (unpaired) electrons. The lowest BCUT2D eigenvalue weighted by molar-refractivity contribution is -0.128. The summed E-state index contributed by atoms with van der Waals surface area (Å²) in [6.07, 6.45) is 4.09. The van der Waals surface area contributed by atoms with Crippen molar-refractivity contribution < 1.29 is 14.6 Å². The number of nitrogens with one attached hydrogen (secondary N) is 1. The fourth-order valence-corrected chi connectivity index (χ4v) is 2.91. The minimum absolute atomic E-state index is 0.0585. The Labute approximate surface area is 130 Å². The lowest BCUT2D eigenvalue weighted by Crippen LogP contribution is -2.45. The van der Waals surface area contributed by atoms with Crippen molar-refractivity contribution in [1.82, 2.24) is 20.1 Å². The van der Waals surface area contributed by atoms with Crippen LogP contribution in [0.5, 0.6) is 0 Å². The van der Waals surface area contributed by atoms with Gasteiger partial charge >= 0.3 is 0 Å². The molecule has 2 saturated carbocycles. The molecular weight excluding hydrogens is 284 g/mol. The average Bonchev–Trinajstić information content (AvgIpc) is 3.19. The third-order valence-electron chi connectivity index (χ3n) is 4.26. The molecule has 1 aromatic heterocycles. The van der Waals surface area contributed by atoms with Gasteiger partial charge in [-0.1, -0.05) is 0 Å². The van der Waals surface area contributed by atoms with E-state index in [0.717, 1.165) is 31.5 Å². The van der Waals surface area contributed by atoms with Gasteiger partial charge in [-0.15, -0.1) is 10.2 Å². The molecule has 0 atom stereocenters. The van der Waals surface area contributed by atoms with Crippen molar-refractivity contribution in [2.45, 2.75) is 70.2 Å². The van der Waals surface area contributed by atoms with Crippen molar-refractivity contribution in [2.24, 2.45) is 0 Å². The number of nitrogens with zero attached hydrogens (tertiary/aromatic N) is 3. The number of hydrogen-bond donors (Lipinski definition) is 2. The standard InChI is InChI=1S/C15H24N4O3/c1-9(2)22-8-14(21)16-11-5-10(6-11)15-18-17-13(7-20)19(15)12-3-4-12/h9-12,20H,3-8H2,1-2H3,(H,16,21). The second kappa shape index (κ2) is 6.34. The Morgan fingerprint density at radius 1 is 1.41 bits per heavy atom. The number of aliphatic hydroxyl groups is 1. The molecule has 7 heteroatoms. The van der Waals surface area contributed by atoms with Gasteiger partial charge < -0.3 is 19.7 Å². The first-order chi connectivity index (χ1) is 10.6. The van der Waals surface area contributed by atoms with Crippen molar-refractivity contribution in [1.29, 1.82) is 0 Å². The van der Waals surface area contributed by atoms with Gasteiger partial charge in [0.1, 0.15) is 19.0 Å². The zero-order valence-electron chi connectivity index (χ0n) is 13.2. The van der Waals surface area contributed by atoms with Gasteiger partial charge in [-0.3, -0.25) is 4.79 Å². The van der Waals surface area contributed by atoms with Crippen LogP contribution in [0.1, 0.15) is 63.1 Å². The van der Waals surface area contributed by atoms with E-state index < -0.39 is 0 Å². The Kier molecular flexibility index (Phi) is 4.44. The Morgan fingerprint density at radius 3 is 2.73 bits per heavy atom. The molecule has 7 nitrogen and oxygen atoms in total. The van der Waals surface area contributed by atoms with Crippen LogP contribution in [-0.4, -0.2) is 44.5 Å². The van der Waals surface area contributed by atoms with Gasteiger partial charge in [-0.2, -0.15) is 0 Å². The van der Waals surface area contributed by atoms with Crippen LogP contribution in [0.15, 0.2) is 0 Å². The van der Waals surface area contributed by atoms with Crippen LogP contribution in [0.3, 0.4) is 0 Å². The SMILES string of the molecule is CC(C)OCC(=O)NC1CC(c2nnc(CO)n2C2CC2)C1. The first kappa shape index (κ1) is 15.4. The van der Waals surface area contributed by atoms with Crippen LogP contribution in [-0.2, 0) is 16.1 Å². The summed E-state index contributed by atoms with van der Waals surface area (Å²) in [5, 5.41) is 20.7. The van der Waals surface area contributed by atoms with Gasteiger partial charge in [0.25, 0.3) is 0 Å². The van der Waals surface area contributed by atoms with E-state index in [1.54, 1.807) is 0 Å². The highest BCUT2D eigenvalue weighted by Gasteiger charge is 2.38. The number of carbonyl (C=O) groups is 1. The van der Waals surface area contributed by atoms with Crippen molar-refractivity contribution in [3.8, 4) is 0 Å². The minimum Gasteiger partial charge on any atom is -0.388 e. The number of aromatic nitrogens is 3. The Hall–Kier alpha value is -1.47. The van der Waals surface area contributed by atoms with E-state index in [0.29, 0.717) is 17.8 Å². The number of rotatable bonds is 7. The molecule has 0 saturated heterocycles. The summed E-state index contributed by atoms with van der Waals surface area (Å²) in [6.45, 7) is 3.88. The second-order valence-corrected chi connectivity index (χ2v) is 6.53. The van der Waals surface area contributed by atoms with Crippen LogP contribution in [0.2, 0.25) is 0 Å². The maximum Gasteiger partial charge on any atom is 0.246 e. The topological polar surface area (TPSA) is 89.3 Å². The summed E-state index contributed by atoms with van der Waals surface area (Å²) >= 11 is 0. The Morgan fingerprint density at radius 2 is 2.14 bits per heavy atom. The predicted octanol–water partition coefficient (Wildman–Crippen LogP) is 0.892. The highest BCUT2D eigenvalue weighted by molar-refractivity contribution is 5.77. The van der Waals surface area contributed by atoms with Crippen molar-refractivity contribution >= 4 is 5.91 Å². The van der Waals surface area contributed by atoms with Crippen molar-refractivity contribution in [3.63, 3.8) is 0 Å². The summed E-state index contributed by atoms with van der Waals surface area (Å²) in [4.78, 5) is 11.7. The van der Waals surface area contributed by atoms with E-state index in [1.807, 2.05) is 13.8 Å². The van der Waals surface area contributed by atoms with E-state index in [2.05, 4.69) is 20.1 Å². The zero-order valence-corrected chi connectivity index (χ0v) is 13.2. The van der Waals surface area contributed by atoms with Crippen molar-refractivity contribution in [2.75, 3.05) is 6.61 Å². The van der Waals surface area contributed by atoms with Gasteiger partial charge in [0.15, 0.2) is 5.82 Å². The largest absolute Gasteiger partial charge is 0.388 e. The molecule has 0 aliphatic heterocycles. The molecule has 2 fully saturated rings. The normalized spacial score (nSPS) is 24.4. The van der Waals surface area contributed by atoms with E-state index in [1.165, 1.54) is 0 Å². The molecule has 122 valence electrons. The fourth-order valence-electron chi connectivity index (χ4n) is 2.91. The monoisotopic (exact) mass is 308 g/mol. The van der Waals surface area contributed by atoms with Crippen molar-refractivity contribution in [3.05, 3.63) is 11.6 Å². The average molecular weight is 308 g/mol. The van der Waals surface area contributed by atoms with Gasteiger partial charge in [0.2, 0.25) is 5.91 Å². The first-order valence-corrected chi connectivity index (χ1v) is 8.04. The third-order valence-corrected chi connectivity index (χ3v) is 4.26. The van der Waals surface area contributed by atoms with Gasteiger partial charge in [0.05, 0.1) is 6.10 Å². The zero-order chi connectivity index (χ0) is 15.7. The molecule has 1 amide bonds. The summed E-state index contributed by atoms with van der Waals surface area (Å²) in [6, 6.07) is 0.649. The molecule has 22 heavy (non-hydrogen) atoms. The maximum absolute atomic E-state index is 11.7. The predicted molar refractivity (Wildman–Crippen MR) is 79.2 cm³/mol. The highest BCUT2D eigenvalue weighted by Crippen LogP contribution is 2.42. The summed E-state index contributed by atoms with van der Waals surface area (Å²) in [5.41, 5.74) is 0. The molecule has 0 spiro atoms.